The SMILES string of the molecule is CC(C)CC(N)C1(c2ncc(Br)cc2Cl)CC1. The number of aromatic nitrogens is 1. The normalized spacial score (nSPS) is 19.4. The van der Waals surface area contributed by atoms with Gasteiger partial charge in [0.05, 0.1) is 10.7 Å². The van der Waals surface area contributed by atoms with Crippen molar-refractivity contribution in [2.24, 2.45) is 11.7 Å². The van der Waals surface area contributed by atoms with Crippen molar-refractivity contribution in [1.82, 2.24) is 4.98 Å². The van der Waals surface area contributed by atoms with E-state index in [1.165, 1.54) is 0 Å². The Morgan fingerprint density at radius 1 is 1.53 bits per heavy atom. The molecule has 1 aromatic heterocycles. The van der Waals surface area contributed by atoms with Crippen molar-refractivity contribution in [3.8, 4) is 0 Å². The summed E-state index contributed by atoms with van der Waals surface area (Å²) >= 11 is 9.67. The van der Waals surface area contributed by atoms with Crippen LogP contribution in [0.15, 0.2) is 16.7 Å². The third-order valence-corrected chi connectivity index (χ3v) is 4.22. The summed E-state index contributed by atoms with van der Waals surface area (Å²) in [6.07, 6.45) is 5.04. The van der Waals surface area contributed by atoms with Crippen molar-refractivity contribution >= 4 is 27.5 Å². The molecule has 0 aromatic carbocycles. The number of halogens is 2. The fraction of sp³-hybridized carbons (Fsp3) is 0.615. The highest BCUT2D eigenvalue weighted by Gasteiger charge is 2.51. The third-order valence-electron chi connectivity index (χ3n) is 3.50. The van der Waals surface area contributed by atoms with Gasteiger partial charge in [0, 0.05) is 22.1 Å². The van der Waals surface area contributed by atoms with E-state index in [0.29, 0.717) is 5.92 Å². The number of nitrogens with two attached hydrogens (primary N) is 1. The second-order valence-corrected chi connectivity index (χ2v) is 6.70. The average Bonchev–Trinajstić information content (AvgIpc) is 2.97. The number of nitrogens with zero attached hydrogens (tertiary/aromatic N) is 1. The smallest absolute Gasteiger partial charge is 0.0667 e. The summed E-state index contributed by atoms with van der Waals surface area (Å²) in [5.41, 5.74) is 7.36. The number of hydrogen-bond donors (Lipinski definition) is 1. The van der Waals surface area contributed by atoms with Crippen LogP contribution in [0.1, 0.15) is 38.8 Å². The summed E-state index contributed by atoms with van der Waals surface area (Å²) in [5, 5.41) is 0.732. The van der Waals surface area contributed by atoms with Crippen LogP contribution in [0.2, 0.25) is 5.02 Å². The predicted octanol–water partition coefficient (Wildman–Crippen LogP) is 3.90. The molecule has 0 spiro atoms. The van der Waals surface area contributed by atoms with Crippen molar-refractivity contribution in [2.75, 3.05) is 0 Å². The molecule has 4 heteroatoms. The van der Waals surface area contributed by atoms with Crippen LogP contribution < -0.4 is 5.73 Å². The molecule has 1 aliphatic carbocycles. The lowest BCUT2D eigenvalue weighted by atomic mass is 9.87. The average molecular weight is 318 g/mol. The van der Waals surface area contributed by atoms with E-state index in [0.717, 1.165) is 34.5 Å². The molecule has 1 atom stereocenters. The van der Waals surface area contributed by atoms with Crippen molar-refractivity contribution < 1.29 is 0 Å². The van der Waals surface area contributed by atoms with Gasteiger partial charge in [0.15, 0.2) is 0 Å². The van der Waals surface area contributed by atoms with Gasteiger partial charge in [0.2, 0.25) is 0 Å². The molecule has 94 valence electrons. The predicted molar refractivity (Wildman–Crippen MR) is 75.3 cm³/mol. The molecule has 1 heterocycles. The van der Waals surface area contributed by atoms with Gasteiger partial charge in [-0.3, -0.25) is 4.98 Å². The lowest BCUT2D eigenvalue weighted by molar-refractivity contribution is 0.414. The first-order chi connectivity index (χ1) is 7.95. The maximum atomic E-state index is 6.34. The molecule has 0 aliphatic heterocycles. The second-order valence-electron chi connectivity index (χ2n) is 5.38. The van der Waals surface area contributed by atoms with Gasteiger partial charge < -0.3 is 5.73 Å². The highest BCUT2D eigenvalue weighted by atomic mass is 79.9. The molecule has 0 amide bonds. The number of pyridine rings is 1. The minimum atomic E-state index is 0.0298. The molecule has 1 saturated carbocycles. The van der Waals surface area contributed by atoms with Gasteiger partial charge in [-0.2, -0.15) is 0 Å². The van der Waals surface area contributed by atoms with Gasteiger partial charge in [-0.15, -0.1) is 0 Å². The van der Waals surface area contributed by atoms with Crippen LogP contribution in [-0.2, 0) is 5.41 Å². The van der Waals surface area contributed by atoms with E-state index in [2.05, 4.69) is 34.8 Å². The number of hydrogen-bond acceptors (Lipinski definition) is 2. The first kappa shape index (κ1) is 13.3. The molecule has 2 nitrogen and oxygen atoms in total. The molecule has 17 heavy (non-hydrogen) atoms. The van der Waals surface area contributed by atoms with Crippen LogP contribution in [0.25, 0.3) is 0 Å². The first-order valence-corrected chi connectivity index (χ1v) is 7.20. The van der Waals surface area contributed by atoms with Gasteiger partial charge in [-0.1, -0.05) is 25.4 Å². The topological polar surface area (TPSA) is 38.9 Å². The quantitative estimate of drug-likeness (QED) is 0.914. The summed E-state index contributed by atoms with van der Waals surface area (Å²) in [7, 11) is 0. The summed E-state index contributed by atoms with van der Waals surface area (Å²) in [6.45, 7) is 4.40. The van der Waals surface area contributed by atoms with Gasteiger partial charge in [0.25, 0.3) is 0 Å². The van der Waals surface area contributed by atoms with Crippen LogP contribution in [0, 0.1) is 5.92 Å². The Labute approximate surface area is 116 Å². The molecule has 0 saturated heterocycles. The first-order valence-electron chi connectivity index (χ1n) is 6.03. The molecule has 1 fully saturated rings. The Hall–Kier alpha value is -0.120. The van der Waals surface area contributed by atoms with E-state index >= 15 is 0 Å². The molecular formula is C13H18BrClN2. The van der Waals surface area contributed by atoms with Crippen molar-refractivity contribution in [3.63, 3.8) is 0 Å². The van der Waals surface area contributed by atoms with Crippen LogP contribution in [-0.4, -0.2) is 11.0 Å². The fourth-order valence-corrected chi connectivity index (χ4v) is 3.25. The Morgan fingerprint density at radius 2 is 2.18 bits per heavy atom. The third kappa shape index (κ3) is 2.67. The van der Waals surface area contributed by atoms with E-state index in [4.69, 9.17) is 17.3 Å². The van der Waals surface area contributed by atoms with Crippen LogP contribution in [0.3, 0.4) is 0 Å². The maximum absolute atomic E-state index is 6.34. The lowest BCUT2D eigenvalue weighted by Gasteiger charge is -2.25. The Bertz CT molecular complexity index is 416. The standard InChI is InChI=1S/C13H18BrClN2/c1-8(2)5-11(16)13(3-4-13)12-10(15)6-9(14)7-17-12/h6-8,11H,3-5,16H2,1-2H3. The Kier molecular flexibility index (Phi) is 3.81. The molecular weight excluding hydrogens is 300 g/mol. The van der Waals surface area contributed by atoms with Crippen molar-refractivity contribution in [2.45, 2.75) is 44.6 Å². The molecule has 0 bridgehead atoms. The summed E-state index contributed by atoms with van der Waals surface area (Å²) in [5.74, 6) is 0.608. The zero-order valence-corrected chi connectivity index (χ0v) is 12.6. The van der Waals surface area contributed by atoms with Crippen LogP contribution in [0.5, 0.6) is 0 Å². The van der Waals surface area contributed by atoms with Crippen LogP contribution >= 0.6 is 27.5 Å². The molecule has 1 unspecified atom stereocenters. The van der Waals surface area contributed by atoms with Crippen molar-refractivity contribution in [3.05, 3.63) is 27.5 Å². The minimum absolute atomic E-state index is 0.0298. The van der Waals surface area contributed by atoms with Gasteiger partial charge >= 0.3 is 0 Å². The highest BCUT2D eigenvalue weighted by Crippen LogP contribution is 2.52. The molecule has 2 N–H and O–H groups in total. The van der Waals surface area contributed by atoms with Gasteiger partial charge in [0.1, 0.15) is 0 Å². The van der Waals surface area contributed by atoms with Crippen molar-refractivity contribution in [1.29, 1.82) is 0 Å². The Morgan fingerprint density at radius 3 is 2.65 bits per heavy atom. The molecule has 2 rings (SSSR count). The van der Waals surface area contributed by atoms with Gasteiger partial charge in [-0.25, -0.2) is 0 Å². The van der Waals surface area contributed by atoms with E-state index in [-0.39, 0.29) is 11.5 Å². The number of rotatable bonds is 4. The molecule has 1 aromatic rings. The fourth-order valence-electron chi connectivity index (χ4n) is 2.43. The largest absolute Gasteiger partial charge is 0.327 e. The molecule has 1 aliphatic rings. The summed E-state index contributed by atoms with van der Waals surface area (Å²) in [6, 6.07) is 2.07. The molecule has 0 radical (unpaired) electrons. The second kappa shape index (κ2) is 4.87. The lowest BCUT2D eigenvalue weighted by Crippen LogP contribution is -2.36. The monoisotopic (exact) mass is 316 g/mol. The summed E-state index contributed by atoms with van der Waals surface area (Å²) < 4.78 is 0.916. The maximum Gasteiger partial charge on any atom is 0.0667 e. The van der Waals surface area contributed by atoms with E-state index in [1.54, 1.807) is 0 Å². The van der Waals surface area contributed by atoms with E-state index in [9.17, 15) is 0 Å². The van der Waals surface area contributed by atoms with E-state index in [1.807, 2.05) is 12.3 Å². The zero-order valence-electron chi connectivity index (χ0n) is 10.2. The van der Waals surface area contributed by atoms with E-state index < -0.39 is 0 Å². The van der Waals surface area contributed by atoms with Gasteiger partial charge in [-0.05, 0) is 47.2 Å². The Balaban J connectivity index is 2.26. The minimum Gasteiger partial charge on any atom is -0.327 e. The summed E-state index contributed by atoms with van der Waals surface area (Å²) in [4.78, 5) is 4.48. The highest BCUT2D eigenvalue weighted by molar-refractivity contribution is 9.10. The zero-order chi connectivity index (χ0) is 12.6. The van der Waals surface area contributed by atoms with Crippen LogP contribution in [0.4, 0.5) is 0 Å².